The molecule has 0 bridgehead atoms. The van der Waals surface area contributed by atoms with E-state index >= 15 is 0 Å². The maximum atomic E-state index is 13.4. The van der Waals surface area contributed by atoms with Crippen LogP contribution in [0.3, 0.4) is 0 Å². The zero-order valence-corrected chi connectivity index (χ0v) is 15.6. The average Bonchev–Trinajstić information content (AvgIpc) is 3.13. The molecule has 0 radical (unpaired) electrons. The Kier molecular flexibility index (Phi) is 4.44. The Balaban J connectivity index is 1.76. The van der Waals surface area contributed by atoms with Gasteiger partial charge >= 0.3 is 6.02 Å². The summed E-state index contributed by atoms with van der Waals surface area (Å²) >= 11 is 0. The normalized spacial score (nSPS) is 19.8. The summed E-state index contributed by atoms with van der Waals surface area (Å²) in [4.78, 5) is 4.62. The van der Waals surface area contributed by atoms with Gasteiger partial charge in [-0.05, 0) is 54.5 Å². The molecule has 2 aliphatic rings. The maximum Gasteiger partial charge on any atom is 0.302 e. The summed E-state index contributed by atoms with van der Waals surface area (Å²) < 4.78 is 33.5. The van der Waals surface area contributed by atoms with Crippen LogP contribution in [0.4, 0.5) is 0 Å². The highest BCUT2D eigenvalue weighted by molar-refractivity contribution is 7.89. The van der Waals surface area contributed by atoms with Gasteiger partial charge in [-0.15, -0.1) is 0 Å². The quantitative estimate of drug-likeness (QED) is 0.833. The minimum atomic E-state index is -3.75. The highest BCUT2D eigenvalue weighted by Crippen LogP contribution is 2.34. The number of hydrogen-bond donors (Lipinski definition) is 0. The molecule has 1 aliphatic carbocycles. The van der Waals surface area contributed by atoms with E-state index in [0.29, 0.717) is 11.4 Å². The number of aryl methyl sites for hydroxylation is 2. The lowest BCUT2D eigenvalue weighted by Crippen LogP contribution is -2.37. The molecule has 1 aliphatic heterocycles. The van der Waals surface area contributed by atoms with Crippen LogP contribution in [0, 0.1) is 0 Å². The van der Waals surface area contributed by atoms with E-state index in [1.807, 2.05) is 42.5 Å². The first-order valence-electron chi connectivity index (χ1n) is 8.91. The van der Waals surface area contributed by atoms with E-state index in [0.717, 1.165) is 30.4 Å². The first kappa shape index (κ1) is 17.1. The van der Waals surface area contributed by atoms with Gasteiger partial charge in [0.1, 0.15) is 0 Å². The van der Waals surface area contributed by atoms with Crippen molar-refractivity contribution in [1.82, 2.24) is 4.31 Å². The van der Waals surface area contributed by atoms with Crippen LogP contribution in [0.2, 0.25) is 0 Å². The highest BCUT2D eigenvalue weighted by Gasteiger charge is 2.40. The molecule has 4 rings (SSSR count). The zero-order chi connectivity index (χ0) is 18.1. The fraction of sp³-hybridized carbons (Fsp3) is 0.350. The molecule has 2 aromatic carbocycles. The van der Waals surface area contributed by atoms with Crippen molar-refractivity contribution in [2.45, 2.75) is 36.6 Å². The molecule has 0 N–H and O–H groups in total. The fourth-order valence-corrected chi connectivity index (χ4v) is 5.39. The Labute approximate surface area is 154 Å². The van der Waals surface area contributed by atoms with Crippen molar-refractivity contribution < 1.29 is 13.2 Å². The molecular weight excluding hydrogens is 348 g/mol. The molecule has 1 atom stereocenters. The van der Waals surface area contributed by atoms with E-state index in [-0.39, 0.29) is 12.1 Å². The number of fused-ring (bicyclic) bond motifs is 1. The molecule has 0 spiro atoms. The number of benzene rings is 2. The van der Waals surface area contributed by atoms with Gasteiger partial charge in [0.25, 0.3) is 10.0 Å². The maximum absolute atomic E-state index is 13.4. The lowest BCUT2D eigenvalue weighted by molar-refractivity contribution is 0.333. The summed E-state index contributed by atoms with van der Waals surface area (Å²) in [6.07, 6.45) is 4.24. The van der Waals surface area contributed by atoms with E-state index in [9.17, 15) is 8.42 Å². The molecule has 0 amide bonds. The van der Waals surface area contributed by atoms with Gasteiger partial charge in [0, 0.05) is 0 Å². The largest absolute Gasteiger partial charge is 0.468 e. The van der Waals surface area contributed by atoms with Gasteiger partial charge in [0.15, 0.2) is 0 Å². The molecule has 6 heteroatoms. The predicted molar refractivity (Wildman–Crippen MR) is 101 cm³/mol. The average molecular weight is 370 g/mol. The summed E-state index contributed by atoms with van der Waals surface area (Å²) in [5.74, 6) is 0. The monoisotopic (exact) mass is 370 g/mol. The minimum absolute atomic E-state index is 0.150. The highest BCUT2D eigenvalue weighted by atomic mass is 32.2. The standard InChI is InChI=1S/C20H22N2O3S/c1-25-20-21-14-19(16-8-3-2-4-9-16)22(20)26(23,24)18-12-11-15-7-5-6-10-17(15)13-18/h2-4,8-9,11-13,19H,5-7,10,14H2,1H3. The van der Waals surface area contributed by atoms with Gasteiger partial charge in [0.2, 0.25) is 0 Å². The van der Waals surface area contributed by atoms with Crippen LogP contribution in [0.15, 0.2) is 58.4 Å². The van der Waals surface area contributed by atoms with Gasteiger partial charge in [-0.1, -0.05) is 36.4 Å². The van der Waals surface area contributed by atoms with Gasteiger partial charge in [-0.3, -0.25) is 0 Å². The predicted octanol–water partition coefficient (Wildman–Crippen LogP) is 3.31. The Hall–Kier alpha value is -2.34. The number of amidine groups is 1. The second kappa shape index (κ2) is 6.76. The number of sulfonamides is 1. The van der Waals surface area contributed by atoms with E-state index in [1.54, 1.807) is 6.07 Å². The van der Waals surface area contributed by atoms with Crippen LogP contribution in [0.25, 0.3) is 0 Å². The van der Waals surface area contributed by atoms with Crippen LogP contribution in [-0.2, 0) is 27.6 Å². The van der Waals surface area contributed by atoms with E-state index in [4.69, 9.17) is 4.74 Å². The Morgan fingerprint density at radius 1 is 1.04 bits per heavy atom. The summed E-state index contributed by atoms with van der Waals surface area (Å²) in [6, 6.07) is 14.8. The van der Waals surface area contributed by atoms with E-state index in [1.165, 1.54) is 23.4 Å². The van der Waals surface area contributed by atoms with Crippen LogP contribution in [0.5, 0.6) is 0 Å². The van der Waals surface area contributed by atoms with Crippen molar-refractivity contribution in [3.63, 3.8) is 0 Å². The third-order valence-electron chi connectivity index (χ3n) is 5.11. The molecule has 1 heterocycles. The van der Waals surface area contributed by atoms with Crippen molar-refractivity contribution >= 4 is 16.0 Å². The van der Waals surface area contributed by atoms with Crippen molar-refractivity contribution in [2.75, 3.05) is 13.7 Å². The van der Waals surface area contributed by atoms with Crippen molar-refractivity contribution in [3.8, 4) is 0 Å². The molecule has 2 aromatic rings. The van der Waals surface area contributed by atoms with Crippen molar-refractivity contribution in [3.05, 3.63) is 65.2 Å². The first-order valence-corrected chi connectivity index (χ1v) is 10.3. The topological polar surface area (TPSA) is 59.0 Å². The van der Waals surface area contributed by atoms with Gasteiger partial charge in [0.05, 0.1) is 24.6 Å². The number of hydrogen-bond acceptors (Lipinski definition) is 4. The van der Waals surface area contributed by atoms with Crippen LogP contribution in [-0.4, -0.2) is 32.4 Å². The van der Waals surface area contributed by atoms with E-state index < -0.39 is 10.0 Å². The van der Waals surface area contributed by atoms with Gasteiger partial charge in [-0.2, -0.15) is 0 Å². The van der Waals surface area contributed by atoms with Crippen molar-refractivity contribution in [1.29, 1.82) is 0 Å². The molecular formula is C20H22N2O3S. The van der Waals surface area contributed by atoms with E-state index in [2.05, 4.69) is 4.99 Å². The molecule has 136 valence electrons. The number of ether oxygens (including phenoxy) is 1. The lowest BCUT2D eigenvalue weighted by Gasteiger charge is -2.27. The molecule has 5 nitrogen and oxygen atoms in total. The smallest absolute Gasteiger partial charge is 0.302 e. The van der Waals surface area contributed by atoms with Crippen LogP contribution < -0.4 is 0 Å². The molecule has 0 saturated carbocycles. The molecule has 1 unspecified atom stereocenters. The number of methoxy groups -OCH3 is 1. The Morgan fingerprint density at radius 3 is 2.50 bits per heavy atom. The molecule has 0 saturated heterocycles. The molecule has 0 fully saturated rings. The third kappa shape index (κ3) is 2.88. The molecule has 0 aromatic heterocycles. The van der Waals surface area contributed by atoms with Crippen molar-refractivity contribution in [2.24, 2.45) is 4.99 Å². The second-order valence-corrected chi connectivity index (χ2v) is 8.51. The summed E-state index contributed by atoms with van der Waals surface area (Å²) in [5.41, 5.74) is 3.31. The molecule has 26 heavy (non-hydrogen) atoms. The summed E-state index contributed by atoms with van der Waals surface area (Å²) in [5, 5.41) is 0. The SMILES string of the molecule is COC1=NCC(c2ccccc2)N1S(=O)(=O)c1ccc2c(c1)CCCC2. The number of rotatable bonds is 3. The Bertz CT molecular complexity index is 939. The van der Waals surface area contributed by atoms with Crippen LogP contribution in [0.1, 0.15) is 35.6 Å². The first-order chi connectivity index (χ1) is 12.6. The number of nitrogens with zero attached hydrogens (tertiary/aromatic N) is 2. The second-order valence-electron chi connectivity index (χ2n) is 6.69. The van der Waals surface area contributed by atoms with Gasteiger partial charge < -0.3 is 4.74 Å². The number of aliphatic imine (C=N–C) groups is 1. The fourth-order valence-electron chi connectivity index (χ4n) is 3.77. The third-order valence-corrected chi connectivity index (χ3v) is 6.89. The minimum Gasteiger partial charge on any atom is -0.468 e. The summed E-state index contributed by atoms with van der Waals surface area (Å²) in [6.45, 7) is 0.358. The van der Waals surface area contributed by atoms with Gasteiger partial charge in [-0.25, -0.2) is 17.7 Å². The van der Waals surface area contributed by atoms with Crippen LogP contribution >= 0.6 is 0 Å². The lowest BCUT2D eigenvalue weighted by atomic mass is 9.92. The summed E-state index contributed by atoms with van der Waals surface area (Å²) in [7, 11) is -2.29. The Morgan fingerprint density at radius 2 is 1.77 bits per heavy atom. The zero-order valence-electron chi connectivity index (χ0n) is 14.8.